The van der Waals surface area contributed by atoms with Crippen LogP contribution in [0.5, 0.6) is 5.75 Å². The van der Waals surface area contributed by atoms with Gasteiger partial charge in [-0.3, -0.25) is 0 Å². The Morgan fingerprint density at radius 1 is 1.10 bits per heavy atom. The molecule has 104 valence electrons. The molecule has 0 bridgehead atoms. The van der Waals surface area contributed by atoms with Crippen molar-refractivity contribution in [3.8, 4) is 5.75 Å². The Labute approximate surface area is 130 Å². The van der Waals surface area contributed by atoms with E-state index in [1.807, 2.05) is 6.07 Å². The monoisotopic (exact) mass is 330 g/mol. The maximum absolute atomic E-state index is 5.28. The van der Waals surface area contributed by atoms with E-state index in [4.69, 9.17) is 4.74 Å². The predicted molar refractivity (Wildman–Crippen MR) is 79.5 cm³/mol. The van der Waals surface area contributed by atoms with Gasteiger partial charge in [-0.05, 0) is 23.8 Å². The Bertz CT molecular complexity index is 595. The molecule has 0 aliphatic carbocycles. The smallest absolute Gasteiger partial charge is 0.119 e. The van der Waals surface area contributed by atoms with Gasteiger partial charge in [-0.25, -0.2) is 0 Å². The molecule has 0 unspecified atom stereocenters. The summed E-state index contributed by atoms with van der Waals surface area (Å²) >= 11 is 0. The third kappa shape index (κ3) is 3.05. The molecule has 0 saturated heterocycles. The van der Waals surface area contributed by atoms with Crippen LogP contribution in [0.4, 0.5) is 5.69 Å². The lowest BCUT2D eigenvalue weighted by molar-refractivity contribution is -0.00000404. The van der Waals surface area contributed by atoms with Crippen molar-refractivity contribution in [1.82, 2.24) is 0 Å². The maximum atomic E-state index is 5.28. The van der Waals surface area contributed by atoms with Gasteiger partial charge in [0.1, 0.15) is 5.75 Å². The van der Waals surface area contributed by atoms with Crippen molar-refractivity contribution in [2.24, 2.45) is 0 Å². The number of hydrogen-bond acceptors (Lipinski definition) is 2. The van der Waals surface area contributed by atoms with Crippen molar-refractivity contribution in [3.05, 3.63) is 65.7 Å². The molecule has 2 aromatic carbocycles. The summed E-state index contributed by atoms with van der Waals surface area (Å²) in [6.45, 7) is 1.89. The summed E-state index contributed by atoms with van der Waals surface area (Å²) in [5.74, 6) is 0.907. The van der Waals surface area contributed by atoms with Crippen LogP contribution >= 0.6 is 0 Å². The summed E-state index contributed by atoms with van der Waals surface area (Å²) in [5.41, 5.74) is 3.83. The van der Waals surface area contributed by atoms with Crippen LogP contribution in [0.25, 0.3) is 6.08 Å². The van der Waals surface area contributed by atoms with E-state index in [1.54, 1.807) is 7.11 Å². The summed E-state index contributed by atoms with van der Waals surface area (Å²) in [6.07, 6.45) is 4.37. The lowest BCUT2D eigenvalue weighted by Crippen LogP contribution is -3.00. The normalized spacial score (nSPS) is 12.6. The largest absolute Gasteiger partial charge is 1.00 e. The van der Waals surface area contributed by atoms with Crippen LogP contribution in [0, 0.1) is 0 Å². The summed E-state index contributed by atoms with van der Waals surface area (Å²) in [5, 5.41) is 0. The number of hydrogen-bond donors (Lipinski definition) is 0. The van der Waals surface area contributed by atoms with E-state index >= 15 is 0 Å². The minimum atomic E-state index is 0. The van der Waals surface area contributed by atoms with Crippen molar-refractivity contribution in [1.29, 1.82) is 0 Å². The second-order valence-electron chi connectivity index (χ2n) is 4.69. The van der Waals surface area contributed by atoms with Crippen LogP contribution in [0.3, 0.4) is 0 Å². The highest BCUT2D eigenvalue weighted by Gasteiger charge is 2.13. The number of halogens is 1. The zero-order valence-electron chi connectivity index (χ0n) is 11.4. The van der Waals surface area contributed by atoms with E-state index in [-0.39, 0.29) is 17.0 Å². The molecule has 1 heterocycles. The highest BCUT2D eigenvalue weighted by molar-refractivity contribution is 5.72. The Morgan fingerprint density at radius 3 is 2.65 bits per heavy atom. The fourth-order valence-electron chi connectivity index (χ4n) is 2.44. The molecule has 3 heteroatoms. The molecule has 0 fully saturated rings. The third-order valence-electron chi connectivity index (χ3n) is 3.41. The summed E-state index contributed by atoms with van der Waals surface area (Å²) < 4.78 is 5.28. The number of ether oxygens (including phenoxy) is 1. The summed E-state index contributed by atoms with van der Waals surface area (Å²) in [6, 6.07) is 16.8. The first-order chi connectivity index (χ1) is 9.36. The Hall–Kier alpha value is -1.74. The molecule has 0 radical (unpaired) electrons. The topological polar surface area (TPSA) is 12.5 Å². The number of methoxy groups -OCH3 is 1. The highest BCUT2D eigenvalue weighted by atomic mass is 79.9. The van der Waals surface area contributed by atoms with E-state index < -0.39 is 0 Å². The van der Waals surface area contributed by atoms with Gasteiger partial charge in [0.2, 0.25) is 0 Å². The number of benzene rings is 2. The molecular formula is C17H17BrNO-. The number of anilines is 1. The number of rotatable bonds is 3. The van der Waals surface area contributed by atoms with E-state index in [9.17, 15) is 0 Å². The zero-order chi connectivity index (χ0) is 13.1. The lowest BCUT2D eigenvalue weighted by atomic mass is 10.1. The van der Waals surface area contributed by atoms with Gasteiger partial charge in [0, 0.05) is 24.3 Å². The molecule has 3 rings (SSSR count). The molecule has 1 aliphatic rings. The molecule has 1 aliphatic heterocycles. The van der Waals surface area contributed by atoms with Crippen LogP contribution in [0.2, 0.25) is 0 Å². The Morgan fingerprint density at radius 2 is 1.90 bits per heavy atom. The molecule has 0 amide bonds. The standard InChI is InChI=1S/C17H17NO.BrH/c1-19-16-9-10-17-15(12-16)8-5-11-18(17)13-14-6-3-2-4-7-14;/h2-10,12H,11,13H2,1H3;1H/p-1. The quantitative estimate of drug-likeness (QED) is 0.822. The Kier molecular flexibility index (Phi) is 4.85. The molecular weight excluding hydrogens is 314 g/mol. The number of fused-ring (bicyclic) bond motifs is 1. The molecule has 0 atom stereocenters. The van der Waals surface area contributed by atoms with Gasteiger partial charge in [0.05, 0.1) is 7.11 Å². The van der Waals surface area contributed by atoms with Gasteiger partial charge in [0.25, 0.3) is 0 Å². The van der Waals surface area contributed by atoms with Crippen molar-refractivity contribution in [2.45, 2.75) is 6.54 Å². The second-order valence-corrected chi connectivity index (χ2v) is 4.69. The number of nitrogens with zero attached hydrogens (tertiary/aromatic N) is 1. The first-order valence-corrected chi connectivity index (χ1v) is 6.50. The first kappa shape index (κ1) is 14.7. The average Bonchev–Trinajstić information content (AvgIpc) is 2.48. The average molecular weight is 331 g/mol. The molecule has 2 aromatic rings. The van der Waals surface area contributed by atoms with Crippen LogP contribution < -0.4 is 26.6 Å². The van der Waals surface area contributed by atoms with Crippen LogP contribution in [-0.2, 0) is 6.54 Å². The fourth-order valence-corrected chi connectivity index (χ4v) is 2.44. The fraction of sp³-hybridized carbons (Fsp3) is 0.176. The van der Waals surface area contributed by atoms with Crippen LogP contribution in [0.1, 0.15) is 11.1 Å². The van der Waals surface area contributed by atoms with Gasteiger partial charge >= 0.3 is 0 Å². The molecule has 20 heavy (non-hydrogen) atoms. The maximum Gasteiger partial charge on any atom is 0.119 e. The molecule has 0 N–H and O–H groups in total. The van der Waals surface area contributed by atoms with Crippen LogP contribution in [0.15, 0.2) is 54.6 Å². The highest BCUT2D eigenvalue weighted by Crippen LogP contribution is 2.30. The van der Waals surface area contributed by atoms with E-state index in [0.717, 1.165) is 18.8 Å². The molecule has 0 saturated carbocycles. The SMILES string of the molecule is COc1ccc2c(c1)C=CCN2Cc1ccccc1.[Br-]. The first-order valence-electron chi connectivity index (χ1n) is 6.50. The molecule has 2 nitrogen and oxygen atoms in total. The van der Waals surface area contributed by atoms with Crippen molar-refractivity contribution < 1.29 is 21.7 Å². The molecule has 0 spiro atoms. The van der Waals surface area contributed by atoms with Gasteiger partial charge in [-0.15, -0.1) is 0 Å². The van der Waals surface area contributed by atoms with Gasteiger partial charge in [-0.2, -0.15) is 0 Å². The summed E-state index contributed by atoms with van der Waals surface area (Å²) in [7, 11) is 1.70. The minimum absolute atomic E-state index is 0. The summed E-state index contributed by atoms with van der Waals surface area (Å²) in [4.78, 5) is 2.38. The third-order valence-corrected chi connectivity index (χ3v) is 3.41. The minimum Gasteiger partial charge on any atom is -1.00 e. The van der Waals surface area contributed by atoms with E-state index in [1.165, 1.54) is 16.8 Å². The second kappa shape index (κ2) is 6.62. The van der Waals surface area contributed by atoms with Gasteiger partial charge in [0.15, 0.2) is 0 Å². The van der Waals surface area contributed by atoms with E-state index in [0.29, 0.717) is 0 Å². The van der Waals surface area contributed by atoms with Gasteiger partial charge in [-0.1, -0.05) is 42.5 Å². The predicted octanol–water partition coefficient (Wildman–Crippen LogP) is 0.733. The Balaban J connectivity index is 0.00000147. The van der Waals surface area contributed by atoms with Gasteiger partial charge < -0.3 is 26.6 Å². The zero-order valence-corrected chi connectivity index (χ0v) is 13.0. The van der Waals surface area contributed by atoms with Crippen molar-refractivity contribution in [2.75, 3.05) is 18.6 Å². The van der Waals surface area contributed by atoms with Crippen LogP contribution in [-0.4, -0.2) is 13.7 Å². The van der Waals surface area contributed by atoms with E-state index in [2.05, 4.69) is 59.5 Å². The lowest BCUT2D eigenvalue weighted by Gasteiger charge is -2.28. The van der Waals surface area contributed by atoms with Crippen molar-refractivity contribution in [3.63, 3.8) is 0 Å². The molecule has 0 aromatic heterocycles. The van der Waals surface area contributed by atoms with Crippen molar-refractivity contribution >= 4 is 11.8 Å².